The highest BCUT2D eigenvalue weighted by atomic mass is 16.3. The second-order valence-electron chi connectivity index (χ2n) is 11.8. The number of carbonyl (C=O) groups is 2. The molecule has 0 aromatic carbocycles. The van der Waals surface area contributed by atoms with Crippen molar-refractivity contribution in [2.45, 2.75) is 94.7 Å². The lowest BCUT2D eigenvalue weighted by Gasteiger charge is -2.58. The zero-order valence-corrected chi connectivity index (χ0v) is 20.1. The fourth-order valence-electron chi connectivity index (χ4n) is 7.94. The largest absolute Gasteiger partial charge is 0.390 e. The summed E-state index contributed by atoms with van der Waals surface area (Å²) in [4.78, 5) is 36.5. The molecule has 6 fully saturated rings. The first kappa shape index (κ1) is 22.3. The van der Waals surface area contributed by atoms with Crippen molar-refractivity contribution in [1.29, 1.82) is 0 Å². The lowest BCUT2D eigenvalue weighted by molar-refractivity contribution is -0.137. The van der Waals surface area contributed by atoms with Crippen molar-refractivity contribution in [2.75, 3.05) is 18.4 Å². The highest BCUT2D eigenvalue weighted by Crippen LogP contribution is 2.55. The number of hydrogen-bond donors (Lipinski definition) is 3. The van der Waals surface area contributed by atoms with Gasteiger partial charge >= 0.3 is 0 Å². The summed E-state index contributed by atoms with van der Waals surface area (Å²) in [6, 6.07) is 0.286. The van der Waals surface area contributed by atoms with Crippen LogP contribution in [0.5, 0.6) is 0 Å². The average molecular weight is 468 g/mol. The molecule has 0 radical (unpaired) electrons. The van der Waals surface area contributed by atoms with Crippen LogP contribution in [-0.4, -0.2) is 62.6 Å². The van der Waals surface area contributed by atoms with Crippen LogP contribution in [0.4, 0.5) is 5.95 Å². The molecule has 8 heteroatoms. The Morgan fingerprint density at radius 1 is 1.12 bits per heavy atom. The van der Waals surface area contributed by atoms with Gasteiger partial charge in [0, 0.05) is 44.2 Å². The van der Waals surface area contributed by atoms with E-state index in [0.717, 1.165) is 63.6 Å². The molecule has 1 aromatic rings. The molecular formula is C26H37N5O3. The van der Waals surface area contributed by atoms with E-state index in [2.05, 4.69) is 15.6 Å². The molecule has 184 valence electrons. The number of likely N-dealkylation sites (tertiary alicyclic amines) is 1. The van der Waals surface area contributed by atoms with Crippen LogP contribution in [0.1, 0.15) is 93.1 Å². The first-order valence-electron chi connectivity index (χ1n) is 13.3. The van der Waals surface area contributed by atoms with Gasteiger partial charge in [0.2, 0.25) is 11.9 Å². The van der Waals surface area contributed by atoms with Gasteiger partial charge in [-0.3, -0.25) is 9.59 Å². The summed E-state index contributed by atoms with van der Waals surface area (Å²) in [5.74, 6) is 2.27. The third-order valence-corrected chi connectivity index (χ3v) is 9.31. The third kappa shape index (κ3) is 4.08. The summed E-state index contributed by atoms with van der Waals surface area (Å²) in [5.41, 5.74) is 0.986. The van der Waals surface area contributed by atoms with Crippen molar-refractivity contribution in [3.8, 4) is 0 Å². The Labute approximate surface area is 201 Å². The number of aromatic nitrogens is 2. The molecule has 5 aliphatic carbocycles. The van der Waals surface area contributed by atoms with Crippen LogP contribution >= 0.6 is 0 Å². The van der Waals surface area contributed by atoms with Gasteiger partial charge in [-0.15, -0.1) is 0 Å². The number of nitrogens with zero attached hydrogens (tertiary/aromatic N) is 3. The van der Waals surface area contributed by atoms with Gasteiger partial charge < -0.3 is 20.6 Å². The number of anilines is 1. The number of carbonyl (C=O) groups excluding carboxylic acids is 2. The molecule has 2 heterocycles. The standard InChI is InChI=1S/C26H37N5O3/c1-15(32)31-7-6-20(14-31)28-25-27-13-21(23(30-25)17-4-2-3-5-17)24(33)29-22-18-8-16-9-19(22)12-26(34,10-16)11-18/h13,16-20,22,34H,2-12,14H2,1H3,(H,29,33)(H,27,28,30)/t16?,18?,19?,20-,22-,26+/m1/s1. The first-order valence-corrected chi connectivity index (χ1v) is 13.3. The summed E-state index contributed by atoms with van der Waals surface area (Å²) in [6.07, 6.45) is 11.9. The maximum atomic E-state index is 13.5. The molecule has 1 aromatic heterocycles. The zero-order chi connectivity index (χ0) is 23.4. The topological polar surface area (TPSA) is 107 Å². The second-order valence-corrected chi connectivity index (χ2v) is 11.8. The molecule has 5 saturated carbocycles. The molecule has 8 nitrogen and oxygen atoms in total. The molecule has 7 rings (SSSR count). The Hall–Kier alpha value is -2.22. The van der Waals surface area contributed by atoms with Crippen LogP contribution in [0.15, 0.2) is 6.20 Å². The fraction of sp³-hybridized carbons (Fsp3) is 0.769. The first-order chi connectivity index (χ1) is 16.4. The van der Waals surface area contributed by atoms with Crippen LogP contribution in [0.25, 0.3) is 0 Å². The molecule has 0 spiro atoms. The normalized spacial score (nSPS) is 36.8. The molecule has 34 heavy (non-hydrogen) atoms. The van der Waals surface area contributed by atoms with E-state index in [1.54, 1.807) is 13.1 Å². The quantitative estimate of drug-likeness (QED) is 0.615. The van der Waals surface area contributed by atoms with Gasteiger partial charge in [0.15, 0.2) is 0 Å². The molecule has 1 saturated heterocycles. The predicted octanol–water partition coefficient (Wildman–Crippen LogP) is 2.84. The van der Waals surface area contributed by atoms with Crippen molar-refractivity contribution >= 4 is 17.8 Å². The van der Waals surface area contributed by atoms with Crippen molar-refractivity contribution in [3.63, 3.8) is 0 Å². The van der Waals surface area contributed by atoms with E-state index < -0.39 is 5.60 Å². The van der Waals surface area contributed by atoms with E-state index in [9.17, 15) is 14.7 Å². The molecule has 6 aliphatic rings. The Kier molecular flexibility index (Phi) is 5.54. The van der Waals surface area contributed by atoms with Crippen molar-refractivity contribution in [3.05, 3.63) is 17.5 Å². The van der Waals surface area contributed by atoms with E-state index >= 15 is 0 Å². The molecule has 1 aliphatic heterocycles. The summed E-state index contributed by atoms with van der Waals surface area (Å²) in [6.45, 7) is 3.02. The van der Waals surface area contributed by atoms with E-state index in [-0.39, 0.29) is 23.9 Å². The van der Waals surface area contributed by atoms with Crippen molar-refractivity contribution < 1.29 is 14.7 Å². The highest BCUT2D eigenvalue weighted by molar-refractivity contribution is 5.95. The van der Waals surface area contributed by atoms with Gasteiger partial charge in [0.05, 0.1) is 16.9 Å². The smallest absolute Gasteiger partial charge is 0.254 e. The minimum Gasteiger partial charge on any atom is -0.390 e. The highest BCUT2D eigenvalue weighted by Gasteiger charge is 2.55. The van der Waals surface area contributed by atoms with Crippen LogP contribution < -0.4 is 10.6 Å². The minimum absolute atomic E-state index is 0.0541. The summed E-state index contributed by atoms with van der Waals surface area (Å²) in [5, 5.41) is 17.7. The van der Waals surface area contributed by atoms with E-state index in [1.165, 1.54) is 12.8 Å². The lowest BCUT2D eigenvalue weighted by Crippen LogP contribution is -2.61. The Balaban J connectivity index is 1.20. The van der Waals surface area contributed by atoms with E-state index in [4.69, 9.17) is 4.98 Å². The van der Waals surface area contributed by atoms with Gasteiger partial charge in [0.1, 0.15) is 0 Å². The van der Waals surface area contributed by atoms with Crippen LogP contribution in [0, 0.1) is 17.8 Å². The van der Waals surface area contributed by atoms with Gasteiger partial charge in [0.25, 0.3) is 5.91 Å². The van der Waals surface area contributed by atoms with Crippen molar-refractivity contribution in [1.82, 2.24) is 20.2 Å². The number of rotatable bonds is 5. The zero-order valence-electron chi connectivity index (χ0n) is 20.1. The van der Waals surface area contributed by atoms with Crippen LogP contribution in [0.2, 0.25) is 0 Å². The van der Waals surface area contributed by atoms with E-state index in [1.807, 2.05) is 4.90 Å². The number of nitrogens with one attached hydrogen (secondary N) is 2. The SMILES string of the molecule is CC(=O)N1CC[C@@H](Nc2ncc(C(=O)N[C@H]3C4CC5CC3C[C@@](O)(C5)C4)c(C3CCCC3)n2)C1. The fourth-order valence-corrected chi connectivity index (χ4v) is 7.94. The van der Waals surface area contributed by atoms with Crippen molar-refractivity contribution in [2.24, 2.45) is 17.8 Å². The lowest BCUT2D eigenvalue weighted by atomic mass is 9.52. The minimum atomic E-state index is -0.499. The van der Waals surface area contributed by atoms with Gasteiger partial charge in [-0.2, -0.15) is 0 Å². The summed E-state index contributed by atoms with van der Waals surface area (Å²) >= 11 is 0. The molecule has 4 bridgehead atoms. The Bertz CT molecular complexity index is 961. The van der Waals surface area contributed by atoms with Gasteiger partial charge in [-0.1, -0.05) is 12.8 Å². The molecule has 3 N–H and O–H groups in total. The van der Waals surface area contributed by atoms with E-state index in [0.29, 0.717) is 41.7 Å². The van der Waals surface area contributed by atoms with Crippen LogP contribution in [-0.2, 0) is 4.79 Å². The maximum absolute atomic E-state index is 13.5. The molecule has 2 amide bonds. The number of aliphatic hydroxyl groups is 1. The summed E-state index contributed by atoms with van der Waals surface area (Å²) in [7, 11) is 0. The number of amides is 2. The third-order valence-electron chi connectivity index (χ3n) is 9.31. The van der Waals surface area contributed by atoms with Gasteiger partial charge in [-0.05, 0) is 69.1 Å². The Morgan fingerprint density at radius 2 is 1.85 bits per heavy atom. The van der Waals surface area contributed by atoms with Gasteiger partial charge in [-0.25, -0.2) is 9.97 Å². The molecule has 3 atom stereocenters. The maximum Gasteiger partial charge on any atom is 0.254 e. The molecular weight excluding hydrogens is 430 g/mol. The second kappa shape index (κ2) is 8.47. The summed E-state index contributed by atoms with van der Waals surface area (Å²) < 4.78 is 0. The Morgan fingerprint density at radius 3 is 2.50 bits per heavy atom. The predicted molar refractivity (Wildman–Crippen MR) is 127 cm³/mol. The molecule has 2 unspecified atom stereocenters. The van der Waals surface area contributed by atoms with Crippen LogP contribution in [0.3, 0.4) is 0 Å². The monoisotopic (exact) mass is 467 g/mol. The average Bonchev–Trinajstić information content (AvgIpc) is 3.47. The number of hydrogen-bond acceptors (Lipinski definition) is 6.